The van der Waals surface area contributed by atoms with E-state index in [4.69, 9.17) is 0 Å². The quantitative estimate of drug-likeness (QED) is 0.240. The van der Waals surface area contributed by atoms with E-state index in [2.05, 4.69) is 13.8 Å². The number of hydrogen-bond acceptors (Lipinski definition) is 1. The Morgan fingerprint density at radius 3 is 1.09 bits per heavy atom. The van der Waals surface area contributed by atoms with Crippen LogP contribution in [0.15, 0.2) is 0 Å². The molecule has 0 fully saturated rings. The van der Waals surface area contributed by atoms with E-state index < -0.39 is 0 Å². The first-order valence-corrected chi connectivity index (χ1v) is 11.0. The molecule has 0 saturated carbocycles. The van der Waals surface area contributed by atoms with Crippen molar-refractivity contribution in [2.75, 3.05) is 0 Å². The van der Waals surface area contributed by atoms with E-state index in [0.717, 1.165) is 12.8 Å². The number of aliphatic hydroxyl groups is 1. The van der Waals surface area contributed by atoms with Crippen LogP contribution in [0, 0.1) is 0 Å². The van der Waals surface area contributed by atoms with Gasteiger partial charge in [0.05, 0.1) is 6.10 Å². The van der Waals surface area contributed by atoms with E-state index in [1.165, 1.54) is 109 Å². The minimum atomic E-state index is -0.0288. The van der Waals surface area contributed by atoms with E-state index >= 15 is 0 Å². The Bertz CT molecular complexity index is 202. The standard InChI is InChI=1S/C22H46O/c1-3-5-7-8-9-10-11-12-13-14-15-16-17-19-21-22(23)20-18-6-4-2/h22-23H,3-21H2,1-2H3. The Morgan fingerprint density at radius 1 is 0.435 bits per heavy atom. The molecular weight excluding hydrogens is 280 g/mol. The summed E-state index contributed by atoms with van der Waals surface area (Å²) in [7, 11) is 0. The van der Waals surface area contributed by atoms with Gasteiger partial charge in [0.25, 0.3) is 0 Å². The molecule has 0 rings (SSSR count). The maximum Gasteiger partial charge on any atom is 0.0540 e. The van der Waals surface area contributed by atoms with Gasteiger partial charge in [0.1, 0.15) is 0 Å². The highest BCUT2D eigenvalue weighted by molar-refractivity contribution is 4.57. The molecule has 140 valence electrons. The zero-order chi connectivity index (χ0) is 17.0. The predicted molar refractivity (Wildman–Crippen MR) is 105 cm³/mol. The summed E-state index contributed by atoms with van der Waals surface area (Å²) in [5, 5.41) is 9.87. The molecule has 0 aliphatic rings. The molecule has 0 aliphatic carbocycles. The van der Waals surface area contributed by atoms with Crippen molar-refractivity contribution in [3.05, 3.63) is 0 Å². The van der Waals surface area contributed by atoms with Crippen LogP contribution in [0.25, 0.3) is 0 Å². The largest absolute Gasteiger partial charge is 0.393 e. The Hall–Kier alpha value is -0.0400. The molecule has 1 nitrogen and oxygen atoms in total. The summed E-state index contributed by atoms with van der Waals surface area (Å²) in [5.74, 6) is 0. The van der Waals surface area contributed by atoms with Crippen molar-refractivity contribution >= 4 is 0 Å². The highest BCUT2D eigenvalue weighted by Crippen LogP contribution is 2.15. The van der Waals surface area contributed by atoms with Crippen molar-refractivity contribution in [3.8, 4) is 0 Å². The third-order valence-electron chi connectivity index (χ3n) is 5.03. The molecule has 0 spiro atoms. The van der Waals surface area contributed by atoms with Gasteiger partial charge in [0.15, 0.2) is 0 Å². The lowest BCUT2D eigenvalue weighted by molar-refractivity contribution is 0.147. The zero-order valence-electron chi connectivity index (χ0n) is 16.5. The SMILES string of the molecule is CCCCCCCCCCCCCCCCC(O)CCCCC. The van der Waals surface area contributed by atoms with Crippen molar-refractivity contribution < 1.29 is 5.11 Å². The first-order valence-electron chi connectivity index (χ1n) is 11.0. The maximum absolute atomic E-state index is 9.87. The lowest BCUT2D eigenvalue weighted by Crippen LogP contribution is -2.05. The van der Waals surface area contributed by atoms with Gasteiger partial charge in [-0.3, -0.25) is 0 Å². The second kappa shape index (κ2) is 20.0. The summed E-state index contributed by atoms with van der Waals surface area (Å²) in [6.45, 7) is 4.51. The Kier molecular flexibility index (Phi) is 20.0. The van der Waals surface area contributed by atoms with Crippen LogP contribution in [0.1, 0.15) is 136 Å². The van der Waals surface area contributed by atoms with E-state index in [9.17, 15) is 5.11 Å². The van der Waals surface area contributed by atoms with E-state index in [-0.39, 0.29) is 6.10 Å². The van der Waals surface area contributed by atoms with Gasteiger partial charge in [-0.05, 0) is 12.8 Å². The molecule has 0 aromatic rings. The molecule has 0 aromatic heterocycles. The minimum Gasteiger partial charge on any atom is -0.393 e. The Labute approximate surface area is 147 Å². The van der Waals surface area contributed by atoms with E-state index in [1.54, 1.807) is 0 Å². The van der Waals surface area contributed by atoms with Crippen LogP contribution in [0.4, 0.5) is 0 Å². The minimum absolute atomic E-state index is 0.0288. The molecule has 1 heteroatoms. The van der Waals surface area contributed by atoms with E-state index in [1.807, 2.05) is 0 Å². The lowest BCUT2D eigenvalue weighted by atomic mass is 10.0. The molecule has 0 aliphatic heterocycles. The van der Waals surface area contributed by atoms with Crippen LogP contribution in [0.3, 0.4) is 0 Å². The first kappa shape index (κ1) is 23.0. The molecule has 1 N–H and O–H groups in total. The van der Waals surface area contributed by atoms with Crippen molar-refractivity contribution in [2.45, 2.75) is 142 Å². The molecule has 23 heavy (non-hydrogen) atoms. The van der Waals surface area contributed by atoms with Crippen LogP contribution in [-0.4, -0.2) is 11.2 Å². The molecule has 0 saturated heterocycles. The third kappa shape index (κ3) is 19.9. The molecule has 0 aromatic carbocycles. The van der Waals surface area contributed by atoms with Gasteiger partial charge in [0, 0.05) is 0 Å². The number of rotatable bonds is 19. The van der Waals surface area contributed by atoms with Crippen LogP contribution >= 0.6 is 0 Å². The Morgan fingerprint density at radius 2 is 0.696 bits per heavy atom. The van der Waals surface area contributed by atoms with Crippen molar-refractivity contribution in [1.29, 1.82) is 0 Å². The number of hydrogen-bond donors (Lipinski definition) is 1. The van der Waals surface area contributed by atoms with Gasteiger partial charge in [-0.25, -0.2) is 0 Å². The third-order valence-corrected chi connectivity index (χ3v) is 5.03. The molecule has 0 radical (unpaired) electrons. The first-order chi connectivity index (χ1) is 11.3. The fraction of sp³-hybridized carbons (Fsp3) is 1.00. The van der Waals surface area contributed by atoms with Gasteiger partial charge in [-0.15, -0.1) is 0 Å². The van der Waals surface area contributed by atoms with Crippen LogP contribution in [-0.2, 0) is 0 Å². The van der Waals surface area contributed by atoms with Crippen molar-refractivity contribution in [3.63, 3.8) is 0 Å². The molecule has 0 bridgehead atoms. The maximum atomic E-state index is 9.87. The average Bonchev–Trinajstić information content (AvgIpc) is 2.55. The Balaban J connectivity index is 3.05. The molecule has 1 atom stereocenters. The second-order valence-corrected chi connectivity index (χ2v) is 7.53. The van der Waals surface area contributed by atoms with Gasteiger partial charge in [-0.1, -0.05) is 123 Å². The van der Waals surface area contributed by atoms with Crippen LogP contribution in [0.2, 0.25) is 0 Å². The van der Waals surface area contributed by atoms with Gasteiger partial charge in [0.2, 0.25) is 0 Å². The molecule has 1 unspecified atom stereocenters. The monoisotopic (exact) mass is 326 g/mol. The van der Waals surface area contributed by atoms with Gasteiger partial charge >= 0.3 is 0 Å². The predicted octanol–water partition coefficient (Wildman–Crippen LogP) is 7.80. The summed E-state index contributed by atoms with van der Waals surface area (Å²) in [6.07, 6.45) is 25.5. The molecular formula is C22H46O. The summed E-state index contributed by atoms with van der Waals surface area (Å²) in [6, 6.07) is 0. The fourth-order valence-electron chi connectivity index (χ4n) is 3.35. The normalized spacial score (nSPS) is 12.7. The summed E-state index contributed by atoms with van der Waals surface area (Å²) >= 11 is 0. The van der Waals surface area contributed by atoms with Gasteiger partial charge < -0.3 is 5.11 Å². The summed E-state index contributed by atoms with van der Waals surface area (Å²) in [4.78, 5) is 0. The van der Waals surface area contributed by atoms with Crippen molar-refractivity contribution in [1.82, 2.24) is 0 Å². The van der Waals surface area contributed by atoms with E-state index in [0.29, 0.717) is 0 Å². The highest BCUT2D eigenvalue weighted by Gasteiger charge is 2.03. The van der Waals surface area contributed by atoms with Crippen LogP contribution < -0.4 is 0 Å². The lowest BCUT2D eigenvalue weighted by Gasteiger charge is -2.09. The summed E-state index contributed by atoms with van der Waals surface area (Å²) in [5.41, 5.74) is 0. The number of unbranched alkanes of at least 4 members (excludes halogenated alkanes) is 15. The second-order valence-electron chi connectivity index (χ2n) is 7.53. The zero-order valence-corrected chi connectivity index (χ0v) is 16.5. The van der Waals surface area contributed by atoms with Gasteiger partial charge in [-0.2, -0.15) is 0 Å². The molecule has 0 amide bonds. The summed E-state index contributed by atoms with van der Waals surface area (Å²) < 4.78 is 0. The van der Waals surface area contributed by atoms with Crippen molar-refractivity contribution in [2.24, 2.45) is 0 Å². The molecule has 0 heterocycles. The smallest absolute Gasteiger partial charge is 0.0540 e. The highest BCUT2D eigenvalue weighted by atomic mass is 16.3. The van der Waals surface area contributed by atoms with Crippen LogP contribution in [0.5, 0.6) is 0 Å². The average molecular weight is 327 g/mol. The topological polar surface area (TPSA) is 20.2 Å². The number of aliphatic hydroxyl groups excluding tert-OH is 1. The fourth-order valence-corrected chi connectivity index (χ4v) is 3.35.